The predicted octanol–water partition coefficient (Wildman–Crippen LogP) is 3.25. The van der Waals surface area contributed by atoms with Crippen molar-refractivity contribution >= 4 is 11.7 Å². The molecule has 0 spiro atoms. The highest BCUT2D eigenvalue weighted by atomic mass is 16.5. The van der Waals surface area contributed by atoms with Gasteiger partial charge in [0, 0.05) is 0 Å². The summed E-state index contributed by atoms with van der Waals surface area (Å²) in [5, 5.41) is 0. The van der Waals surface area contributed by atoms with E-state index in [9.17, 15) is 4.79 Å². The van der Waals surface area contributed by atoms with Crippen molar-refractivity contribution in [1.82, 2.24) is 0 Å². The number of nitrogen functional groups attached to an aromatic ring is 1. The predicted molar refractivity (Wildman–Crippen MR) is 79.9 cm³/mol. The van der Waals surface area contributed by atoms with Gasteiger partial charge in [-0.25, -0.2) is 4.79 Å². The lowest BCUT2D eigenvalue weighted by molar-refractivity contribution is 0.0526. The largest absolute Gasteiger partial charge is 0.493 e. The van der Waals surface area contributed by atoms with Gasteiger partial charge in [-0.05, 0) is 37.3 Å². The second-order valence-electron chi connectivity index (χ2n) is 4.23. The summed E-state index contributed by atoms with van der Waals surface area (Å²) in [5.41, 5.74) is 6.66. The van der Waals surface area contributed by atoms with E-state index in [0.29, 0.717) is 35.1 Å². The maximum Gasteiger partial charge on any atom is 0.338 e. The van der Waals surface area contributed by atoms with Gasteiger partial charge in [-0.15, -0.1) is 0 Å². The third-order valence-electron chi connectivity index (χ3n) is 2.81. The molecule has 0 unspecified atom stereocenters. The third-order valence-corrected chi connectivity index (χ3v) is 2.81. The molecule has 0 radical (unpaired) electrons. The fourth-order valence-electron chi connectivity index (χ4n) is 1.80. The van der Waals surface area contributed by atoms with Gasteiger partial charge in [-0.2, -0.15) is 0 Å². The normalized spacial score (nSPS) is 10.0. The van der Waals surface area contributed by atoms with E-state index in [2.05, 4.69) is 0 Å². The molecule has 0 aliphatic heterocycles. The molecule has 5 nitrogen and oxygen atoms in total. The lowest BCUT2D eigenvalue weighted by Crippen LogP contribution is -2.05. The highest BCUT2D eigenvalue weighted by Gasteiger charge is 2.11. The zero-order valence-corrected chi connectivity index (χ0v) is 12.0. The molecule has 110 valence electrons. The minimum atomic E-state index is -0.409. The van der Waals surface area contributed by atoms with Crippen molar-refractivity contribution in [2.24, 2.45) is 0 Å². The zero-order chi connectivity index (χ0) is 15.2. The number of esters is 1. The summed E-state index contributed by atoms with van der Waals surface area (Å²) in [7, 11) is 1.56. The number of para-hydroxylation sites is 2. The van der Waals surface area contributed by atoms with Crippen LogP contribution in [0.5, 0.6) is 17.2 Å². The monoisotopic (exact) mass is 287 g/mol. The molecule has 2 aromatic rings. The number of hydrogen-bond acceptors (Lipinski definition) is 5. The molecule has 21 heavy (non-hydrogen) atoms. The van der Waals surface area contributed by atoms with Gasteiger partial charge < -0.3 is 19.9 Å². The molecule has 0 saturated heterocycles. The molecule has 0 aliphatic rings. The number of carbonyl (C=O) groups is 1. The third kappa shape index (κ3) is 3.45. The quantitative estimate of drug-likeness (QED) is 0.675. The molecular weight excluding hydrogens is 270 g/mol. The van der Waals surface area contributed by atoms with Gasteiger partial charge in [-0.1, -0.05) is 12.1 Å². The van der Waals surface area contributed by atoms with Crippen molar-refractivity contribution in [1.29, 1.82) is 0 Å². The number of ether oxygens (including phenoxy) is 3. The minimum Gasteiger partial charge on any atom is -0.493 e. The molecule has 5 heteroatoms. The van der Waals surface area contributed by atoms with E-state index in [1.807, 2.05) is 12.1 Å². The van der Waals surface area contributed by atoms with E-state index in [1.54, 1.807) is 38.3 Å². The highest BCUT2D eigenvalue weighted by molar-refractivity contribution is 5.91. The molecule has 2 N–H and O–H groups in total. The van der Waals surface area contributed by atoms with Crippen LogP contribution in [-0.2, 0) is 4.74 Å². The van der Waals surface area contributed by atoms with E-state index in [-0.39, 0.29) is 0 Å². The number of anilines is 1. The fraction of sp³-hybridized carbons (Fsp3) is 0.188. The molecule has 0 aromatic heterocycles. The molecule has 0 saturated carbocycles. The van der Waals surface area contributed by atoms with E-state index >= 15 is 0 Å². The summed E-state index contributed by atoms with van der Waals surface area (Å²) in [5.74, 6) is 1.20. The highest BCUT2D eigenvalue weighted by Crippen LogP contribution is 2.34. The van der Waals surface area contributed by atoms with Crippen molar-refractivity contribution in [2.75, 3.05) is 19.5 Å². The number of methoxy groups -OCH3 is 1. The Kier molecular flexibility index (Phi) is 4.66. The van der Waals surface area contributed by atoms with Crippen LogP contribution in [0.1, 0.15) is 17.3 Å². The Morgan fingerprint density at radius 2 is 1.81 bits per heavy atom. The Bertz CT molecular complexity index is 640. The summed E-state index contributed by atoms with van der Waals surface area (Å²) in [6.45, 7) is 2.07. The number of rotatable bonds is 5. The van der Waals surface area contributed by atoms with Gasteiger partial charge in [0.05, 0.1) is 25.0 Å². The van der Waals surface area contributed by atoms with Crippen LogP contribution in [0.15, 0.2) is 42.5 Å². The van der Waals surface area contributed by atoms with Crippen LogP contribution in [0, 0.1) is 0 Å². The second-order valence-corrected chi connectivity index (χ2v) is 4.23. The van der Waals surface area contributed by atoms with Crippen LogP contribution in [-0.4, -0.2) is 19.7 Å². The topological polar surface area (TPSA) is 70.8 Å². The Morgan fingerprint density at radius 3 is 2.43 bits per heavy atom. The molecule has 2 aromatic carbocycles. The van der Waals surface area contributed by atoms with Crippen LogP contribution in [0.25, 0.3) is 0 Å². The SMILES string of the molecule is CCOC(=O)c1ccc(Oc2ccccc2OC)c(N)c1. The first kappa shape index (κ1) is 14.7. The maximum absolute atomic E-state index is 11.6. The number of nitrogens with two attached hydrogens (primary N) is 1. The van der Waals surface area contributed by atoms with Crippen LogP contribution in [0.4, 0.5) is 5.69 Å². The average molecular weight is 287 g/mol. The van der Waals surface area contributed by atoms with Crippen molar-refractivity contribution in [3.05, 3.63) is 48.0 Å². The summed E-state index contributed by atoms with van der Waals surface area (Å²) >= 11 is 0. The van der Waals surface area contributed by atoms with Crippen molar-refractivity contribution in [2.45, 2.75) is 6.92 Å². The van der Waals surface area contributed by atoms with Gasteiger partial charge in [0.15, 0.2) is 17.2 Å². The standard InChI is InChI=1S/C16H17NO4/c1-3-20-16(18)11-8-9-13(12(17)10-11)21-15-7-5-4-6-14(15)19-2/h4-10H,3,17H2,1-2H3. The number of hydrogen-bond donors (Lipinski definition) is 1. The van der Waals surface area contributed by atoms with E-state index in [1.165, 1.54) is 6.07 Å². The zero-order valence-electron chi connectivity index (χ0n) is 12.0. The van der Waals surface area contributed by atoms with Crippen molar-refractivity contribution < 1.29 is 19.0 Å². The maximum atomic E-state index is 11.6. The summed E-state index contributed by atoms with van der Waals surface area (Å²) in [6.07, 6.45) is 0. The van der Waals surface area contributed by atoms with Crippen molar-refractivity contribution in [3.63, 3.8) is 0 Å². The van der Waals surface area contributed by atoms with Gasteiger partial charge in [0.25, 0.3) is 0 Å². The number of benzene rings is 2. The first-order valence-electron chi connectivity index (χ1n) is 6.53. The minimum absolute atomic E-state index is 0.318. The molecule has 0 heterocycles. The van der Waals surface area contributed by atoms with Gasteiger partial charge in [0.2, 0.25) is 0 Å². The molecular formula is C16H17NO4. The first-order valence-corrected chi connectivity index (χ1v) is 6.53. The first-order chi connectivity index (χ1) is 10.2. The summed E-state index contributed by atoms with van der Waals surface area (Å²) < 4.78 is 15.9. The van der Waals surface area contributed by atoms with Crippen LogP contribution in [0.2, 0.25) is 0 Å². The average Bonchev–Trinajstić information content (AvgIpc) is 2.50. The Labute approximate surface area is 123 Å². The smallest absolute Gasteiger partial charge is 0.338 e. The van der Waals surface area contributed by atoms with Crippen molar-refractivity contribution in [3.8, 4) is 17.2 Å². The Balaban J connectivity index is 2.23. The van der Waals surface area contributed by atoms with Gasteiger partial charge >= 0.3 is 5.97 Å². The lowest BCUT2D eigenvalue weighted by atomic mass is 10.2. The van der Waals surface area contributed by atoms with E-state index in [0.717, 1.165) is 0 Å². The molecule has 0 bridgehead atoms. The van der Waals surface area contributed by atoms with Crippen LogP contribution >= 0.6 is 0 Å². The summed E-state index contributed by atoms with van der Waals surface area (Å²) in [6, 6.07) is 12.0. The van der Waals surface area contributed by atoms with Crippen LogP contribution in [0.3, 0.4) is 0 Å². The number of carbonyl (C=O) groups excluding carboxylic acids is 1. The molecule has 0 fully saturated rings. The molecule has 0 aliphatic carbocycles. The molecule has 0 atom stereocenters. The van der Waals surface area contributed by atoms with Gasteiger partial charge in [-0.3, -0.25) is 0 Å². The molecule has 0 amide bonds. The molecule has 2 rings (SSSR count). The van der Waals surface area contributed by atoms with E-state index in [4.69, 9.17) is 19.9 Å². The van der Waals surface area contributed by atoms with Crippen LogP contribution < -0.4 is 15.2 Å². The summed E-state index contributed by atoms with van der Waals surface area (Å²) in [4.78, 5) is 11.6. The lowest BCUT2D eigenvalue weighted by Gasteiger charge is -2.12. The second kappa shape index (κ2) is 6.65. The Morgan fingerprint density at radius 1 is 1.10 bits per heavy atom. The van der Waals surface area contributed by atoms with E-state index < -0.39 is 5.97 Å². The van der Waals surface area contributed by atoms with Gasteiger partial charge in [0.1, 0.15) is 0 Å². The Hall–Kier alpha value is -2.69. The fourth-order valence-corrected chi connectivity index (χ4v) is 1.80.